The molecule has 1 fully saturated rings. The molecule has 0 aliphatic carbocycles. The van der Waals surface area contributed by atoms with E-state index in [2.05, 4.69) is 4.74 Å². The third-order valence-electron chi connectivity index (χ3n) is 3.40. The molecule has 1 amide bonds. The Morgan fingerprint density at radius 2 is 1.74 bits per heavy atom. The van der Waals surface area contributed by atoms with Gasteiger partial charge < -0.3 is 9.64 Å². The van der Waals surface area contributed by atoms with Crippen molar-refractivity contribution in [2.45, 2.75) is 12.8 Å². The topological polar surface area (TPSA) is 32.8 Å². The first-order chi connectivity index (χ1) is 10.8. The Bertz CT molecular complexity index is 542. The summed E-state index contributed by atoms with van der Waals surface area (Å²) in [6.07, 6.45) is -4.29. The summed E-state index contributed by atoms with van der Waals surface area (Å²) in [5.74, 6) is -0.780. The molecule has 0 unspecified atom stereocenters. The highest BCUT2D eigenvalue weighted by Gasteiger charge is 2.33. The fraction of sp³-hybridized carbons (Fsp3) is 0.500. The van der Waals surface area contributed by atoms with Gasteiger partial charge in [0.15, 0.2) is 0 Å². The number of para-hydroxylation sites is 1. The fourth-order valence-electron chi connectivity index (χ4n) is 2.38. The molecule has 0 N–H and O–H groups in total. The van der Waals surface area contributed by atoms with E-state index in [4.69, 9.17) is 0 Å². The normalized spacial score (nSPS) is 16.7. The van der Waals surface area contributed by atoms with Crippen molar-refractivity contribution in [2.75, 3.05) is 32.7 Å². The van der Waals surface area contributed by atoms with Gasteiger partial charge in [0.1, 0.15) is 5.75 Å². The van der Waals surface area contributed by atoms with Crippen molar-refractivity contribution in [3.05, 3.63) is 29.8 Å². The van der Waals surface area contributed by atoms with Crippen LogP contribution in [0.15, 0.2) is 24.3 Å². The van der Waals surface area contributed by atoms with Gasteiger partial charge in [-0.25, -0.2) is 0 Å². The van der Waals surface area contributed by atoms with E-state index in [1.807, 2.05) is 0 Å². The number of nitrogens with zero attached hydrogens (tertiary/aromatic N) is 2. The molecule has 1 aliphatic heterocycles. The number of hydrogen-bond donors (Lipinski definition) is 0. The highest BCUT2D eigenvalue weighted by atomic mass is 19.4. The maximum atomic E-state index is 12.4. The van der Waals surface area contributed by atoms with Crippen molar-refractivity contribution < 1.29 is 31.5 Å². The molecule has 128 valence electrons. The summed E-state index contributed by atoms with van der Waals surface area (Å²) >= 11 is 0. The van der Waals surface area contributed by atoms with E-state index in [9.17, 15) is 26.7 Å². The van der Waals surface area contributed by atoms with Crippen LogP contribution in [0.25, 0.3) is 0 Å². The van der Waals surface area contributed by atoms with Crippen LogP contribution in [0.3, 0.4) is 0 Å². The lowest BCUT2D eigenvalue weighted by Crippen LogP contribution is -2.51. The first-order valence-corrected chi connectivity index (χ1v) is 6.88. The number of amides is 1. The van der Waals surface area contributed by atoms with Crippen LogP contribution in [0.1, 0.15) is 10.4 Å². The number of benzene rings is 1. The van der Waals surface area contributed by atoms with E-state index < -0.39 is 25.2 Å². The number of rotatable bonds is 4. The Kier molecular flexibility index (Phi) is 5.40. The van der Waals surface area contributed by atoms with Crippen LogP contribution in [0.4, 0.5) is 22.0 Å². The molecule has 2 rings (SSSR count). The Balaban J connectivity index is 2.00. The summed E-state index contributed by atoms with van der Waals surface area (Å²) in [7, 11) is 0. The van der Waals surface area contributed by atoms with Gasteiger partial charge in [0, 0.05) is 26.2 Å². The largest absolute Gasteiger partial charge is 0.434 e. The minimum Gasteiger partial charge on any atom is -0.434 e. The van der Waals surface area contributed by atoms with E-state index in [0.717, 1.165) is 0 Å². The zero-order valence-electron chi connectivity index (χ0n) is 12.0. The average molecular weight is 338 g/mol. The van der Waals surface area contributed by atoms with Crippen LogP contribution in [-0.4, -0.2) is 61.2 Å². The molecule has 0 aromatic heterocycles. The number of ether oxygens (including phenoxy) is 1. The molecule has 1 aromatic carbocycles. The predicted molar refractivity (Wildman–Crippen MR) is 71.5 cm³/mol. The highest BCUT2D eigenvalue weighted by Crippen LogP contribution is 2.23. The van der Waals surface area contributed by atoms with Gasteiger partial charge in [-0.3, -0.25) is 9.69 Å². The van der Waals surface area contributed by atoms with E-state index >= 15 is 0 Å². The first kappa shape index (κ1) is 17.5. The first-order valence-electron chi connectivity index (χ1n) is 6.88. The maximum Gasteiger partial charge on any atom is 0.401 e. The molecule has 9 heteroatoms. The van der Waals surface area contributed by atoms with Gasteiger partial charge in [-0.05, 0) is 12.1 Å². The lowest BCUT2D eigenvalue weighted by molar-refractivity contribution is -0.148. The van der Waals surface area contributed by atoms with Gasteiger partial charge >= 0.3 is 12.8 Å². The lowest BCUT2D eigenvalue weighted by atomic mass is 10.1. The SMILES string of the molecule is O=C(c1ccccc1OC(F)F)N1CCN(CC(F)(F)F)CC1. The van der Waals surface area contributed by atoms with Crippen LogP contribution in [0.2, 0.25) is 0 Å². The number of hydrogen-bond acceptors (Lipinski definition) is 3. The van der Waals surface area contributed by atoms with Gasteiger partial charge in [0.25, 0.3) is 5.91 Å². The molecule has 0 bridgehead atoms. The second-order valence-electron chi connectivity index (χ2n) is 5.06. The summed E-state index contributed by atoms with van der Waals surface area (Å²) in [6, 6.07) is 5.56. The van der Waals surface area contributed by atoms with Gasteiger partial charge in [0.2, 0.25) is 0 Å². The molecule has 23 heavy (non-hydrogen) atoms. The summed E-state index contributed by atoms with van der Waals surface area (Å²) in [5, 5.41) is 0. The van der Waals surface area contributed by atoms with Gasteiger partial charge in [0.05, 0.1) is 12.1 Å². The van der Waals surface area contributed by atoms with Crippen molar-refractivity contribution in [1.82, 2.24) is 9.80 Å². The second kappa shape index (κ2) is 7.12. The number of carbonyl (C=O) groups excluding carboxylic acids is 1. The van der Waals surface area contributed by atoms with Crippen LogP contribution >= 0.6 is 0 Å². The van der Waals surface area contributed by atoms with Gasteiger partial charge in [-0.2, -0.15) is 22.0 Å². The third kappa shape index (κ3) is 5.05. The molecule has 4 nitrogen and oxygen atoms in total. The highest BCUT2D eigenvalue weighted by molar-refractivity contribution is 5.97. The van der Waals surface area contributed by atoms with Crippen LogP contribution < -0.4 is 4.74 Å². The molecular weight excluding hydrogens is 323 g/mol. The summed E-state index contributed by atoms with van der Waals surface area (Å²) in [6.45, 7) is -3.75. The van der Waals surface area contributed by atoms with Crippen molar-refractivity contribution >= 4 is 5.91 Å². The zero-order chi connectivity index (χ0) is 17.0. The van der Waals surface area contributed by atoms with Crippen LogP contribution in [0.5, 0.6) is 5.75 Å². The smallest absolute Gasteiger partial charge is 0.401 e. The monoisotopic (exact) mass is 338 g/mol. The fourth-order valence-corrected chi connectivity index (χ4v) is 2.38. The third-order valence-corrected chi connectivity index (χ3v) is 3.40. The van der Waals surface area contributed by atoms with Crippen LogP contribution in [0, 0.1) is 0 Å². The summed E-state index contributed by atoms with van der Waals surface area (Å²) in [4.78, 5) is 14.9. The molecule has 1 aromatic rings. The number of piperazine rings is 1. The molecular formula is C14H15F5N2O2. The molecule has 0 atom stereocenters. The van der Waals surface area contributed by atoms with E-state index in [-0.39, 0.29) is 37.5 Å². The Labute approximate surface area is 129 Å². The number of halogens is 5. The van der Waals surface area contributed by atoms with E-state index in [0.29, 0.717) is 0 Å². The Hall–Kier alpha value is -1.90. The quantitative estimate of drug-likeness (QED) is 0.791. The Morgan fingerprint density at radius 1 is 1.13 bits per heavy atom. The summed E-state index contributed by atoms with van der Waals surface area (Å²) in [5.41, 5.74) is -0.0305. The van der Waals surface area contributed by atoms with Crippen molar-refractivity contribution in [3.8, 4) is 5.75 Å². The van der Waals surface area contributed by atoms with Gasteiger partial charge in [-0.1, -0.05) is 12.1 Å². The van der Waals surface area contributed by atoms with Crippen molar-refractivity contribution in [3.63, 3.8) is 0 Å². The van der Waals surface area contributed by atoms with Gasteiger partial charge in [-0.15, -0.1) is 0 Å². The molecule has 0 spiro atoms. The number of carbonyl (C=O) groups is 1. The van der Waals surface area contributed by atoms with Crippen molar-refractivity contribution in [2.24, 2.45) is 0 Å². The number of alkyl halides is 5. The van der Waals surface area contributed by atoms with E-state index in [1.54, 1.807) is 0 Å². The Morgan fingerprint density at radius 3 is 2.30 bits per heavy atom. The van der Waals surface area contributed by atoms with Crippen LogP contribution in [-0.2, 0) is 0 Å². The molecule has 1 saturated heterocycles. The molecule has 1 heterocycles. The standard InChI is InChI=1S/C14H15F5N2O2/c15-13(16)23-11-4-2-1-3-10(11)12(22)21-7-5-20(6-8-21)9-14(17,18)19/h1-4,13H,5-9H2. The lowest BCUT2D eigenvalue weighted by Gasteiger charge is -2.35. The second-order valence-corrected chi connectivity index (χ2v) is 5.06. The summed E-state index contributed by atoms with van der Waals surface area (Å²) < 4.78 is 66.0. The molecule has 0 saturated carbocycles. The van der Waals surface area contributed by atoms with E-state index in [1.165, 1.54) is 34.1 Å². The maximum absolute atomic E-state index is 12.4. The van der Waals surface area contributed by atoms with Crippen molar-refractivity contribution in [1.29, 1.82) is 0 Å². The minimum atomic E-state index is -4.29. The molecule has 1 aliphatic rings. The zero-order valence-corrected chi connectivity index (χ0v) is 12.0. The molecule has 0 radical (unpaired) electrons. The average Bonchev–Trinajstić information content (AvgIpc) is 2.45. The predicted octanol–water partition coefficient (Wildman–Crippen LogP) is 2.61. The minimum absolute atomic E-state index is 0.0305.